The van der Waals surface area contributed by atoms with Crippen LogP contribution in [0.3, 0.4) is 0 Å². The Balaban J connectivity index is 1.92. The zero-order chi connectivity index (χ0) is 19.6. The third-order valence-corrected chi connectivity index (χ3v) is 3.82. The first-order valence-corrected chi connectivity index (χ1v) is 8.70. The highest BCUT2D eigenvalue weighted by atomic mass is 16.5. The van der Waals surface area contributed by atoms with Crippen molar-refractivity contribution >= 4 is 5.96 Å². The molecular weight excluding hydrogens is 344 g/mol. The predicted molar refractivity (Wildman–Crippen MR) is 105 cm³/mol. The first-order valence-electron chi connectivity index (χ1n) is 8.70. The minimum atomic E-state index is 0.187. The molecule has 1 heterocycles. The zero-order valence-corrected chi connectivity index (χ0v) is 16.2. The molecule has 0 spiro atoms. The van der Waals surface area contributed by atoms with Gasteiger partial charge >= 0.3 is 0 Å². The number of benzene rings is 1. The minimum Gasteiger partial charge on any atom is -0.493 e. The number of methoxy groups -OCH3 is 1. The van der Waals surface area contributed by atoms with Crippen molar-refractivity contribution in [1.82, 2.24) is 15.8 Å². The predicted octanol–water partition coefficient (Wildman–Crippen LogP) is 2.68. The van der Waals surface area contributed by atoms with Crippen molar-refractivity contribution in [3.63, 3.8) is 0 Å². The number of aromatic nitrogens is 1. The van der Waals surface area contributed by atoms with Crippen LogP contribution in [-0.2, 0) is 13.1 Å². The normalized spacial score (nSPS) is 11.2. The summed E-state index contributed by atoms with van der Waals surface area (Å²) in [7, 11) is 3.31. The molecule has 0 saturated carbocycles. The van der Waals surface area contributed by atoms with Gasteiger partial charge in [0.25, 0.3) is 0 Å². The van der Waals surface area contributed by atoms with Crippen LogP contribution < -0.4 is 20.1 Å². The first-order chi connectivity index (χ1) is 13.1. The second-order valence-electron chi connectivity index (χ2n) is 6.13. The molecule has 7 nitrogen and oxygen atoms in total. The fourth-order valence-electron chi connectivity index (χ4n) is 2.32. The molecule has 0 atom stereocenters. The smallest absolute Gasteiger partial charge is 0.191 e. The summed E-state index contributed by atoms with van der Waals surface area (Å²) >= 11 is 0. The number of nitrogens with one attached hydrogen (secondary N) is 2. The van der Waals surface area contributed by atoms with Gasteiger partial charge in [0.2, 0.25) is 0 Å². The van der Waals surface area contributed by atoms with E-state index in [1.165, 1.54) is 0 Å². The second kappa shape index (κ2) is 10.1. The average molecular weight is 370 g/mol. The lowest BCUT2D eigenvalue weighted by molar-refractivity contribution is 0.330. The van der Waals surface area contributed by atoms with Gasteiger partial charge in [0.15, 0.2) is 23.2 Å². The van der Waals surface area contributed by atoms with Gasteiger partial charge in [-0.3, -0.25) is 4.99 Å². The highest BCUT2D eigenvalue weighted by molar-refractivity contribution is 5.79. The Labute approximate surface area is 160 Å². The molecule has 2 N–H and O–H groups in total. The Morgan fingerprint density at radius 2 is 2.04 bits per heavy atom. The van der Waals surface area contributed by atoms with E-state index < -0.39 is 0 Å². The summed E-state index contributed by atoms with van der Waals surface area (Å²) in [5, 5.41) is 10.5. The number of nitrogens with zero attached hydrogens (tertiary/aromatic N) is 2. The van der Waals surface area contributed by atoms with Gasteiger partial charge in [0, 0.05) is 19.7 Å². The van der Waals surface area contributed by atoms with Crippen molar-refractivity contribution in [2.45, 2.75) is 32.9 Å². The van der Waals surface area contributed by atoms with E-state index in [1.807, 2.05) is 24.3 Å². The Bertz CT molecular complexity index is 806. The van der Waals surface area contributed by atoms with Crippen LogP contribution in [0.5, 0.6) is 11.5 Å². The molecule has 0 bridgehead atoms. The highest BCUT2D eigenvalue weighted by Gasteiger charge is 2.09. The lowest BCUT2D eigenvalue weighted by Crippen LogP contribution is -2.36. The van der Waals surface area contributed by atoms with Crippen molar-refractivity contribution in [3.05, 3.63) is 41.3 Å². The number of ether oxygens (including phenoxy) is 2. The summed E-state index contributed by atoms with van der Waals surface area (Å²) in [5.41, 5.74) is 1.94. The third-order valence-electron chi connectivity index (χ3n) is 3.82. The molecule has 144 valence electrons. The minimum absolute atomic E-state index is 0.187. The second-order valence-corrected chi connectivity index (χ2v) is 6.13. The molecule has 2 aromatic rings. The molecule has 0 amide bonds. The molecule has 27 heavy (non-hydrogen) atoms. The molecule has 7 heteroatoms. The van der Waals surface area contributed by atoms with E-state index in [1.54, 1.807) is 14.2 Å². The molecular formula is C20H26N4O3. The molecule has 0 radical (unpaired) electrons. The standard InChI is InChI=1S/C20H26N4O3/c1-6-9-26-19-10-15(7-8-18(19)25-5)12-22-20(21-4)23-13-16-11-17(14(2)3)24-27-16/h1,7-8,10-11,14H,9,12-13H2,2-5H3,(H2,21,22,23). The Hall–Kier alpha value is -3.14. The summed E-state index contributed by atoms with van der Waals surface area (Å²) in [6.07, 6.45) is 5.26. The topological polar surface area (TPSA) is 80.9 Å². The zero-order valence-electron chi connectivity index (χ0n) is 16.2. The van der Waals surface area contributed by atoms with Crippen molar-refractivity contribution in [2.75, 3.05) is 20.8 Å². The van der Waals surface area contributed by atoms with Gasteiger partial charge in [0.05, 0.1) is 19.3 Å². The van der Waals surface area contributed by atoms with Gasteiger partial charge in [-0.1, -0.05) is 31.0 Å². The molecule has 0 fully saturated rings. The summed E-state index contributed by atoms with van der Waals surface area (Å²) in [6.45, 7) is 5.40. The van der Waals surface area contributed by atoms with Gasteiger partial charge in [0.1, 0.15) is 6.61 Å². The molecule has 0 unspecified atom stereocenters. The van der Waals surface area contributed by atoms with Gasteiger partial charge in [-0.2, -0.15) is 0 Å². The van der Waals surface area contributed by atoms with Crippen LogP contribution in [0.15, 0.2) is 33.8 Å². The first kappa shape index (κ1) is 20.2. The molecule has 0 aliphatic heterocycles. The Morgan fingerprint density at radius 1 is 1.26 bits per heavy atom. The van der Waals surface area contributed by atoms with Crippen molar-refractivity contribution in [3.8, 4) is 23.8 Å². The number of hydrogen-bond acceptors (Lipinski definition) is 5. The van der Waals surface area contributed by atoms with Crippen LogP contribution in [0.25, 0.3) is 0 Å². The van der Waals surface area contributed by atoms with Crippen LogP contribution in [0.1, 0.15) is 36.8 Å². The van der Waals surface area contributed by atoms with Gasteiger partial charge in [-0.05, 0) is 23.6 Å². The summed E-state index contributed by atoms with van der Waals surface area (Å²) < 4.78 is 16.1. The maximum atomic E-state index is 5.52. The lowest BCUT2D eigenvalue weighted by Gasteiger charge is -2.13. The fraction of sp³-hybridized carbons (Fsp3) is 0.400. The number of guanidine groups is 1. The largest absolute Gasteiger partial charge is 0.493 e. The molecule has 1 aromatic heterocycles. The summed E-state index contributed by atoms with van der Waals surface area (Å²) in [4.78, 5) is 4.22. The van der Waals surface area contributed by atoms with Crippen LogP contribution in [0.4, 0.5) is 0 Å². The monoisotopic (exact) mass is 370 g/mol. The molecule has 2 rings (SSSR count). The van der Waals surface area contributed by atoms with Crippen LogP contribution in [0.2, 0.25) is 0 Å². The molecule has 1 aromatic carbocycles. The number of rotatable bonds is 8. The van der Waals surface area contributed by atoms with E-state index >= 15 is 0 Å². The van der Waals surface area contributed by atoms with Gasteiger partial charge in [-0.25, -0.2) is 0 Å². The SMILES string of the molecule is C#CCOc1cc(CNC(=NC)NCc2cc(C(C)C)no2)ccc1OC. The van der Waals surface area contributed by atoms with Crippen molar-refractivity contribution in [2.24, 2.45) is 4.99 Å². The number of aliphatic imine (C=N–C) groups is 1. The van der Waals surface area contributed by atoms with Gasteiger partial charge in [-0.15, -0.1) is 6.42 Å². The number of hydrogen-bond donors (Lipinski definition) is 2. The van der Waals surface area contributed by atoms with E-state index in [2.05, 4.69) is 40.6 Å². The van der Waals surface area contributed by atoms with E-state index in [9.17, 15) is 0 Å². The van der Waals surface area contributed by atoms with Crippen molar-refractivity contribution in [1.29, 1.82) is 0 Å². The van der Waals surface area contributed by atoms with Crippen LogP contribution in [-0.4, -0.2) is 31.9 Å². The maximum Gasteiger partial charge on any atom is 0.191 e. The van der Waals surface area contributed by atoms with E-state index in [0.29, 0.717) is 36.5 Å². The van der Waals surface area contributed by atoms with E-state index in [4.69, 9.17) is 20.4 Å². The van der Waals surface area contributed by atoms with E-state index in [-0.39, 0.29) is 6.61 Å². The average Bonchev–Trinajstić information content (AvgIpc) is 3.16. The van der Waals surface area contributed by atoms with Crippen LogP contribution >= 0.6 is 0 Å². The molecule has 0 aliphatic rings. The molecule has 0 saturated heterocycles. The number of terminal acetylenes is 1. The van der Waals surface area contributed by atoms with Crippen LogP contribution in [0, 0.1) is 12.3 Å². The summed E-state index contributed by atoms with van der Waals surface area (Å²) in [6, 6.07) is 7.64. The van der Waals surface area contributed by atoms with Crippen molar-refractivity contribution < 1.29 is 14.0 Å². The fourth-order valence-corrected chi connectivity index (χ4v) is 2.32. The third kappa shape index (κ3) is 5.96. The highest BCUT2D eigenvalue weighted by Crippen LogP contribution is 2.27. The quantitative estimate of drug-likeness (QED) is 0.422. The van der Waals surface area contributed by atoms with Gasteiger partial charge < -0.3 is 24.6 Å². The maximum absolute atomic E-state index is 5.52. The molecule has 0 aliphatic carbocycles. The Kier molecular flexibility index (Phi) is 7.56. The summed E-state index contributed by atoms with van der Waals surface area (Å²) in [5.74, 6) is 5.45. The lowest BCUT2D eigenvalue weighted by atomic mass is 10.1. The van der Waals surface area contributed by atoms with E-state index in [0.717, 1.165) is 17.0 Å². The Morgan fingerprint density at radius 3 is 2.67 bits per heavy atom.